The highest BCUT2D eigenvalue weighted by Gasteiger charge is 2.27. The molecule has 0 aliphatic rings. The second-order valence-corrected chi connectivity index (χ2v) is 5.41. The van der Waals surface area contributed by atoms with Crippen LogP contribution in [0.1, 0.15) is 0 Å². The predicted octanol–water partition coefficient (Wildman–Crippen LogP) is -0.234. The van der Waals surface area contributed by atoms with Gasteiger partial charge in [0.05, 0.1) is 25.5 Å². The predicted molar refractivity (Wildman–Crippen MR) is 63.4 cm³/mol. The van der Waals surface area contributed by atoms with Crippen molar-refractivity contribution in [3.05, 3.63) is 12.4 Å². The van der Waals surface area contributed by atoms with E-state index in [1.165, 1.54) is 0 Å². The first kappa shape index (κ1) is 15.7. The van der Waals surface area contributed by atoms with Crippen LogP contribution in [0.4, 0.5) is 14.7 Å². The Balaban J connectivity index is 3.03. The molecule has 0 saturated carbocycles. The minimum absolute atomic E-state index is 0.210. The van der Waals surface area contributed by atoms with E-state index in [4.69, 9.17) is 5.11 Å². The maximum Gasteiger partial charge on any atom is 0.252 e. The summed E-state index contributed by atoms with van der Waals surface area (Å²) in [6, 6.07) is 0. The molecule has 0 radical (unpaired) electrons. The molecule has 0 saturated heterocycles. The Labute approximate surface area is 109 Å². The summed E-state index contributed by atoms with van der Waals surface area (Å²) < 4.78 is 49.3. The van der Waals surface area contributed by atoms with Crippen LogP contribution in [0.5, 0.6) is 0 Å². The van der Waals surface area contributed by atoms with Gasteiger partial charge in [0.1, 0.15) is 4.90 Å². The van der Waals surface area contributed by atoms with Crippen molar-refractivity contribution in [2.45, 2.75) is 11.3 Å². The second-order valence-electron chi connectivity index (χ2n) is 3.47. The number of aliphatic hydroxyl groups is 1. The van der Waals surface area contributed by atoms with Crippen LogP contribution in [0.3, 0.4) is 0 Å². The highest BCUT2D eigenvalue weighted by atomic mass is 32.2. The van der Waals surface area contributed by atoms with Crippen LogP contribution in [0.25, 0.3) is 0 Å². The third kappa shape index (κ3) is 4.04. The average Bonchev–Trinajstić information content (AvgIpc) is 2.38. The van der Waals surface area contributed by atoms with E-state index in [2.05, 4.69) is 15.3 Å². The molecular formula is C9H14F2N4O3S. The number of nitrogens with one attached hydrogen (secondary N) is 1. The van der Waals surface area contributed by atoms with Crippen molar-refractivity contribution < 1.29 is 22.3 Å². The number of hydrogen-bond donors (Lipinski definition) is 2. The summed E-state index contributed by atoms with van der Waals surface area (Å²) in [6.45, 7) is -1.96. The van der Waals surface area contributed by atoms with Crippen LogP contribution in [-0.2, 0) is 10.0 Å². The molecule has 1 heterocycles. The molecule has 0 aliphatic heterocycles. The summed E-state index contributed by atoms with van der Waals surface area (Å²) in [5.41, 5.74) is 0. The third-order valence-electron chi connectivity index (χ3n) is 2.18. The molecule has 10 heteroatoms. The highest BCUT2D eigenvalue weighted by molar-refractivity contribution is 7.89. The first-order valence-corrected chi connectivity index (χ1v) is 6.74. The largest absolute Gasteiger partial charge is 0.395 e. The molecule has 1 rings (SSSR count). The fraction of sp³-hybridized carbons (Fsp3) is 0.556. The molecule has 7 nitrogen and oxygen atoms in total. The maximum absolute atomic E-state index is 12.3. The molecule has 0 spiro atoms. The zero-order valence-electron chi connectivity index (χ0n) is 10.1. The maximum atomic E-state index is 12.3. The second kappa shape index (κ2) is 6.68. The Bertz CT molecular complexity index is 495. The lowest BCUT2D eigenvalue weighted by Crippen LogP contribution is -2.37. The summed E-state index contributed by atoms with van der Waals surface area (Å²) in [5, 5.41) is 11.4. The van der Waals surface area contributed by atoms with Gasteiger partial charge in [0.25, 0.3) is 6.43 Å². The molecule has 0 aromatic carbocycles. The number of sulfonamides is 1. The molecule has 0 bridgehead atoms. The zero-order chi connectivity index (χ0) is 14.5. The molecule has 0 unspecified atom stereocenters. The number of anilines is 1. The van der Waals surface area contributed by atoms with Crippen molar-refractivity contribution in [2.24, 2.45) is 0 Å². The number of aliphatic hydroxyl groups excluding tert-OH is 1. The summed E-state index contributed by atoms with van der Waals surface area (Å²) in [6.07, 6.45) is -0.799. The molecule has 1 aromatic heterocycles. The van der Waals surface area contributed by atoms with E-state index in [0.717, 1.165) is 12.4 Å². The van der Waals surface area contributed by atoms with Gasteiger partial charge in [-0.1, -0.05) is 0 Å². The van der Waals surface area contributed by atoms with Crippen LogP contribution >= 0.6 is 0 Å². The number of nitrogens with zero attached hydrogens (tertiary/aromatic N) is 3. The minimum atomic E-state index is -4.14. The fourth-order valence-corrected chi connectivity index (χ4v) is 2.60. The Morgan fingerprint density at radius 3 is 2.42 bits per heavy atom. The van der Waals surface area contributed by atoms with Crippen LogP contribution in [0.2, 0.25) is 0 Å². The number of aromatic nitrogens is 2. The van der Waals surface area contributed by atoms with Gasteiger partial charge in [-0.15, -0.1) is 0 Å². The Hall–Kier alpha value is -1.39. The van der Waals surface area contributed by atoms with Gasteiger partial charge in [-0.25, -0.2) is 27.2 Å². The van der Waals surface area contributed by atoms with Gasteiger partial charge in [0, 0.05) is 13.6 Å². The van der Waals surface area contributed by atoms with E-state index in [0.29, 0.717) is 4.31 Å². The van der Waals surface area contributed by atoms with Crippen molar-refractivity contribution in [1.82, 2.24) is 14.3 Å². The standard InChI is InChI=1S/C9H14F2N4O3S/c1-12-9-13-4-7(5-14-9)19(17,18)15(2-3-16)6-8(10)11/h4-5,8,16H,2-3,6H2,1H3,(H,12,13,14). The van der Waals surface area contributed by atoms with Crippen molar-refractivity contribution in [2.75, 3.05) is 32.1 Å². The smallest absolute Gasteiger partial charge is 0.252 e. The molecule has 0 aliphatic carbocycles. The van der Waals surface area contributed by atoms with Crippen LogP contribution < -0.4 is 5.32 Å². The van der Waals surface area contributed by atoms with Crippen molar-refractivity contribution in [3.8, 4) is 0 Å². The van der Waals surface area contributed by atoms with E-state index in [-0.39, 0.29) is 10.8 Å². The molecular weight excluding hydrogens is 282 g/mol. The summed E-state index contributed by atoms with van der Waals surface area (Å²) in [5.74, 6) is 0.210. The Morgan fingerprint density at radius 2 is 2.00 bits per heavy atom. The van der Waals surface area contributed by atoms with Crippen LogP contribution in [0, 0.1) is 0 Å². The van der Waals surface area contributed by atoms with E-state index >= 15 is 0 Å². The number of alkyl halides is 2. The van der Waals surface area contributed by atoms with E-state index in [9.17, 15) is 17.2 Å². The van der Waals surface area contributed by atoms with Crippen LogP contribution in [0.15, 0.2) is 17.3 Å². The Kier molecular flexibility index (Phi) is 5.51. The van der Waals surface area contributed by atoms with Gasteiger partial charge in [-0.05, 0) is 0 Å². The molecule has 0 atom stereocenters. The quantitative estimate of drug-likeness (QED) is 0.721. The molecule has 0 fully saturated rings. The number of halogens is 2. The molecule has 108 valence electrons. The van der Waals surface area contributed by atoms with Gasteiger partial charge in [-0.3, -0.25) is 0 Å². The number of rotatable bonds is 7. The van der Waals surface area contributed by atoms with Gasteiger partial charge >= 0.3 is 0 Å². The lowest BCUT2D eigenvalue weighted by molar-refractivity contribution is 0.113. The third-order valence-corrected chi connectivity index (χ3v) is 4.00. The van der Waals surface area contributed by atoms with Gasteiger partial charge in [0.15, 0.2) is 0 Å². The molecule has 19 heavy (non-hydrogen) atoms. The van der Waals surface area contributed by atoms with Gasteiger partial charge in [-0.2, -0.15) is 4.31 Å². The average molecular weight is 296 g/mol. The summed E-state index contributed by atoms with van der Waals surface area (Å²) in [4.78, 5) is 7.11. The van der Waals surface area contributed by atoms with Crippen molar-refractivity contribution in [3.63, 3.8) is 0 Å². The van der Waals surface area contributed by atoms with Gasteiger partial charge in [0.2, 0.25) is 16.0 Å². The first-order valence-electron chi connectivity index (χ1n) is 5.30. The Morgan fingerprint density at radius 1 is 1.42 bits per heavy atom. The summed E-state index contributed by atoms with van der Waals surface area (Å²) >= 11 is 0. The van der Waals surface area contributed by atoms with Crippen molar-refractivity contribution in [1.29, 1.82) is 0 Å². The fourth-order valence-electron chi connectivity index (χ4n) is 1.30. The first-order chi connectivity index (χ1) is 8.91. The lowest BCUT2D eigenvalue weighted by atomic mass is 10.6. The van der Waals surface area contributed by atoms with E-state index < -0.39 is 36.1 Å². The number of hydrogen-bond acceptors (Lipinski definition) is 6. The monoisotopic (exact) mass is 296 g/mol. The molecule has 2 N–H and O–H groups in total. The molecule has 1 aromatic rings. The van der Waals surface area contributed by atoms with Gasteiger partial charge < -0.3 is 10.4 Å². The van der Waals surface area contributed by atoms with E-state index in [1.54, 1.807) is 7.05 Å². The SMILES string of the molecule is CNc1ncc(S(=O)(=O)N(CCO)CC(F)F)cn1. The van der Waals surface area contributed by atoms with Crippen LogP contribution in [-0.4, -0.2) is 61.0 Å². The normalized spacial score (nSPS) is 12.1. The van der Waals surface area contributed by atoms with Crippen molar-refractivity contribution >= 4 is 16.0 Å². The minimum Gasteiger partial charge on any atom is -0.395 e. The highest BCUT2D eigenvalue weighted by Crippen LogP contribution is 2.15. The topological polar surface area (TPSA) is 95.4 Å². The zero-order valence-corrected chi connectivity index (χ0v) is 10.9. The molecule has 0 amide bonds. The lowest BCUT2D eigenvalue weighted by Gasteiger charge is -2.20. The summed E-state index contributed by atoms with van der Waals surface area (Å²) in [7, 11) is -2.59. The van der Waals surface area contributed by atoms with E-state index in [1.807, 2.05) is 0 Å².